The lowest BCUT2D eigenvalue weighted by molar-refractivity contribution is 0.195. The molecule has 6 aromatic rings. The Hall–Kier alpha value is -5.48. The van der Waals surface area contributed by atoms with Crippen LogP contribution in [0.2, 0.25) is 0 Å². The van der Waals surface area contributed by atoms with Crippen molar-refractivity contribution in [1.82, 2.24) is 0 Å². The third-order valence-electron chi connectivity index (χ3n) is 13.9. The maximum absolute atomic E-state index is 2.73. The minimum absolute atomic E-state index is 0.0115. The highest BCUT2D eigenvalue weighted by molar-refractivity contribution is 7.03. The number of anilines is 7. The second kappa shape index (κ2) is 10.8. The van der Waals surface area contributed by atoms with Crippen LogP contribution in [0.4, 0.5) is 39.8 Å². The van der Waals surface area contributed by atoms with E-state index in [1.54, 1.807) is 0 Å². The molecule has 0 spiro atoms. The SMILES string of the molecule is CC1(C)C2=C(B3c4cc5c(cc4N(c4ccccc4)c4cccc(c43)N2c2ccccc2)N(c2ccccc2)C2(C)CCCCC52C)c2ccccc21. The van der Waals surface area contributed by atoms with Gasteiger partial charge >= 0.3 is 0 Å². The molecule has 2 unspecified atom stereocenters. The Morgan fingerprint density at radius 2 is 1.09 bits per heavy atom. The lowest BCUT2D eigenvalue weighted by Gasteiger charge is -2.50. The summed E-state index contributed by atoms with van der Waals surface area (Å²) in [6, 6.07) is 54.9. The molecule has 4 heteroatoms. The highest BCUT2D eigenvalue weighted by Gasteiger charge is 2.59. The summed E-state index contributed by atoms with van der Waals surface area (Å²) in [5.41, 5.74) is 18.7. The van der Waals surface area contributed by atoms with Crippen LogP contribution in [0.25, 0.3) is 5.47 Å². The Labute approximate surface area is 314 Å². The van der Waals surface area contributed by atoms with Crippen molar-refractivity contribution in [2.45, 2.75) is 69.7 Å². The fourth-order valence-corrected chi connectivity index (χ4v) is 11.4. The Morgan fingerprint density at radius 3 is 1.79 bits per heavy atom. The molecule has 3 nitrogen and oxygen atoms in total. The molecule has 0 saturated heterocycles. The minimum atomic E-state index is -0.194. The molecular formula is C49H44BN3. The molecule has 0 amide bonds. The zero-order chi connectivity index (χ0) is 35.7. The van der Waals surface area contributed by atoms with E-state index in [2.05, 4.69) is 188 Å². The lowest BCUT2D eigenvalue weighted by Crippen LogP contribution is -2.56. The van der Waals surface area contributed by atoms with Gasteiger partial charge < -0.3 is 14.7 Å². The standard InChI is InChI=1S/C49H44BN3/c1-47(2)37-26-15-14-25-36(37)44-46(47)52(34-21-10-6-11-22-34)41-28-18-27-40-45(41)50(44)39-31-38-42(32-43(39)51(40)33-19-8-5-9-20-33)53(35-23-12-7-13-24-35)49(4)30-17-16-29-48(38,49)3/h5-15,18-28,31-32H,16-17,29-30H2,1-4H3. The van der Waals surface area contributed by atoms with Crippen molar-refractivity contribution in [3.63, 3.8) is 0 Å². The Morgan fingerprint density at radius 1 is 0.509 bits per heavy atom. The van der Waals surface area contributed by atoms with Gasteiger partial charge in [0.2, 0.25) is 0 Å². The van der Waals surface area contributed by atoms with E-state index in [0.717, 1.165) is 0 Å². The fraction of sp³-hybridized carbons (Fsp3) is 0.224. The molecule has 0 bridgehead atoms. The zero-order valence-corrected chi connectivity index (χ0v) is 31.1. The molecule has 3 heterocycles. The van der Waals surface area contributed by atoms with Crippen LogP contribution in [-0.2, 0) is 10.8 Å². The van der Waals surface area contributed by atoms with E-state index >= 15 is 0 Å². The summed E-state index contributed by atoms with van der Waals surface area (Å²) in [4.78, 5) is 7.90. The van der Waals surface area contributed by atoms with E-state index in [1.165, 1.54) is 104 Å². The number of para-hydroxylation sites is 3. The molecule has 53 heavy (non-hydrogen) atoms. The monoisotopic (exact) mass is 685 g/mol. The molecular weight excluding hydrogens is 641 g/mol. The number of fused-ring (bicyclic) bond motifs is 8. The quantitative estimate of drug-likeness (QED) is 0.172. The summed E-state index contributed by atoms with van der Waals surface area (Å²) in [6.45, 7) is 10.1. The molecule has 5 aliphatic rings. The molecule has 2 aliphatic carbocycles. The van der Waals surface area contributed by atoms with Crippen LogP contribution in [0.5, 0.6) is 0 Å². The van der Waals surface area contributed by atoms with Crippen LogP contribution in [-0.4, -0.2) is 12.3 Å². The van der Waals surface area contributed by atoms with Crippen LogP contribution in [0.15, 0.2) is 151 Å². The predicted octanol–water partition coefficient (Wildman–Crippen LogP) is 11.2. The van der Waals surface area contributed by atoms with Gasteiger partial charge in [-0.2, -0.15) is 0 Å². The van der Waals surface area contributed by atoms with Gasteiger partial charge in [-0.3, -0.25) is 0 Å². The molecule has 0 radical (unpaired) electrons. The first kappa shape index (κ1) is 31.1. The summed E-state index contributed by atoms with van der Waals surface area (Å²) >= 11 is 0. The summed E-state index contributed by atoms with van der Waals surface area (Å²) < 4.78 is 0. The smallest absolute Gasteiger partial charge is 0.252 e. The summed E-state index contributed by atoms with van der Waals surface area (Å²) in [7, 11) is 0. The summed E-state index contributed by atoms with van der Waals surface area (Å²) in [6.07, 6.45) is 4.89. The van der Waals surface area contributed by atoms with Crippen molar-refractivity contribution in [2.24, 2.45) is 0 Å². The number of rotatable bonds is 3. The van der Waals surface area contributed by atoms with E-state index in [-0.39, 0.29) is 23.1 Å². The number of hydrogen-bond donors (Lipinski definition) is 0. The van der Waals surface area contributed by atoms with Gasteiger partial charge in [-0.15, -0.1) is 0 Å². The molecule has 6 aromatic carbocycles. The highest BCUT2D eigenvalue weighted by Crippen LogP contribution is 2.62. The van der Waals surface area contributed by atoms with Crippen molar-refractivity contribution < 1.29 is 0 Å². The average Bonchev–Trinajstić information content (AvgIpc) is 3.55. The maximum atomic E-state index is 2.73. The second-order valence-corrected chi connectivity index (χ2v) is 16.8. The van der Waals surface area contributed by atoms with Crippen molar-refractivity contribution in [1.29, 1.82) is 0 Å². The van der Waals surface area contributed by atoms with E-state index in [1.807, 2.05) is 0 Å². The van der Waals surface area contributed by atoms with Gasteiger partial charge in [0, 0.05) is 56.3 Å². The van der Waals surface area contributed by atoms with Gasteiger partial charge in [0.1, 0.15) is 0 Å². The van der Waals surface area contributed by atoms with Gasteiger partial charge in [0.25, 0.3) is 6.71 Å². The predicted molar refractivity (Wildman–Crippen MR) is 224 cm³/mol. The van der Waals surface area contributed by atoms with Crippen LogP contribution in [0, 0.1) is 0 Å². The van der Waals surface area contributed by atoms with E-state index in [4.69, 9.17) is 0 Å². The third kappa shape index (κ3) is 3.91. The van der Waals surface area contributed by atoms with Crippen molar-refractivity contribution in [3.05, 3.63) is 168 Å². The summed E-state index contributed by atoms with van der Waals surface area (Å²) in [5, 5.41) is 0. The minimum Gasteiger partial charge on any atom is -0.334 e. The number of hydrogen-bond acceptors (Lipinski definition) is 3. The van der Waals surface area contributed by atoms with Crippen molar-refractivity contribution in [3.8, 4) is 0 Å². The van der Waals surface area contributed by atoms with Gasteiger partial charge in [-0.1, -0.05) is 125 Å². The van der Waals surface area contributed by atoms with Crippen molar-refractivity contribution >= 4 is 62.9 Å². The Kier molecular flexibility index (Phi) is 6.33. The van der Waals surface area contributed by atoms with E-state index < -0.39 is 0 Å². The maximum Gasteiger partial charge on any atom is 0.252 e. The molecule has 0 N–H and O–H groups in total. The lowest BCUT2D eigenvalue weighted by atomic mass is 9.32. The largest absolute Gasteiger partial charge is 0.334 e. The molecule has 1 fully saturated rings. The molecule has 3 aliphatic heterocycles. The van der Waals surface area contributed by atoms with Crippen LogP contribution in [0.1, 0.15) is 70.1 Å². The number of allylic oxidation sites excluding steroid dienone is 1. The van der Waals surface area contributed by atoms with Gasteiger partial charge in [0.15, 0.2) is 0 Å². The molecule has 258 valence electrons. The van der Waals surface area contributed by atoms with E-state index in [9.17, 15) is 0 Å². The van der Waals surface area contributed by atoms with Gasteiger partial charge in [0.05, 0.1) is 5.54 Å². The number of nitrogens with zero attached hydrogens (tertiary/aromatic N) is 3. The number of benzene rings is 6. The normalized spacial score (nSPS) is 22.9. The van der Waals surface area contributed by atoms with Crippen LogP contribution < -0.4 is 25.6 Å². The van der Waals surface area contributed by atoms with Crippen LogP contribution in [0.3, 0.4) is 0 Å². The highest BCUT2D eigenvalue weighted by atomic mass is 15.3. The molecule has 11 rings (SSSR count). The summed E-state index contributed by atoms with van der Waals surface area (Å²) in [5.74, 6) is 0. The Balaban J connectivity index is 1.27. The fourth-order valence-electron chi connectivity index (χ4n) is 11.4. The van der Waals surface area contributed by atoms with Gasteiger partial charge in [-0.05, 0) is 107 Å². The topological polar surface area (TPSA) is 9.72 Å². The first-order chi connectivity index (χ1) is 25.8. The second-order valence-electron chi connectivity index (χ2n) is 16.8. The average molecular weight is 686 g/mol. The first-order valence-corrected chi connectivity index (χ1v) is 19.5. The van der Waals surface area contributed by atoms with Gasteiger partial charge in [-0.25, -0.2) is 0 Å². The molecule has 1 saturated carbocycles. The first-order valence-electron chi connectivity index (χ1n) is 19.5. The Bertz CT molecular complexity index is 2490. The molecule has 0 aromatic heterocycles. The van der Waals surface area contributed by atoms with Crippen molar-refractivity contribution in [2.75, 3.05) is 14.7 Å². The molecule has 2 atom stereocenters. The van der Waals surface area contributed by atoms with E-state index in [0.29, 0.717) is 0 Å². The third-order valence-corrected chi connectivity index (χ3v) is 13.9. The van der Waals surface area contributed by atoms with Crippen LogP contribution >= 0.6 is 0 Å². The zero-order valence-electron chi connectivity index (χ0n) is 31.1.